The molecular weight excluding hydrogens is 627 g/mol. The standard InChI is InChI=1S/C34H30F3N7O4/c1-2-21-24(36)6-5-18-11-20(45)12-22(25(18)21)27-26(37)28-23(14-38-27)29(43-9-4-8-34(16-43)30(46)41-31(47)42-34)40-32(39-28)48-17-33-7-3-10-44(33)15-19(35)13-33/h1,5-6,11-12,14,19,45H,3-4,7-10,13,15-17H2,(H2,41,42,46,47)/t19-,33+,34?/m1/s1. The molecule has 246 valence electrons. The molecule has 8 rings (SSSR count). The van der Waals surface area contributed by atoms with E-state index >= 15 is 4.39 Å². The maximum atomic E-state index is 16.9. The third kappa shape index (κ3) is 4.67. The van der Waals surface area contributed by atoms with Crippen molar-refractivity contribution in [3.63, 3.8) is 0 Å². The van der Waals surface area contributed by atoms with Crippen LogP contribution in [-0.4, -0.2) is 86.9 Å². The number of anilines is 1. The first-order chi connectivity index (χ1) is 23.1. The lowest BCUT2D eigenvalue weighted by molar-refractivity contribution is -0.124. The van der Waals surface area contributed by atoms with Crippen LogP contribution in [0.5, 0.6) is 11.8 Å². The van der Waals surface area contributed by atoms with Crippen molar-refractivity contribution in [1.82, 2.24) is 30.5 Å². The van der Waals surface area contributed by atoms with E-state index in [-0.39, 0.29) is 63.8 Å². The number of halogens is 3. The van der Waals surface area contributed by atoms with E-state index in [2.05, 4.69) is 36.4 Å². The summed E-state index contributed by atoms with van der Waals surface area (Å²) < 4.78 is 52.4. The van der Waals surface area contributed by atoms with E-state index < -0.39 is 40.8 Å². The third-order valence-corrected chi connectivity index (χ3v) is 10.1. The highest BCUT2D eigenvalue weighted by Gasteiger charge is 2.50. The number of ether oxygens (including phenoxy) is 1. The molecule has 3 amide bonds. The van der Waals surface area contributed by atoms with E-state index in [1.54, 1.807) is 4.90 Å². The summed E-state index contributed by atoms with van der Waals surface area (Å²) in [7, 11) is 0. The minimum Gasteiger partial charge on any atom is -0.508 e. The smallest absolute Gasteiger partial charge is 0.322 e. The van der Waals surface area contributed by atoms with Crippen LogP contribution in [0.15, 0.2) is 30.5 Å². The van der Waals surface area contributed by atoms with Gasteiger partial charge in [0.15, 0.2) is 5.82 Å². The molecule has 48 heavy (non-hydrogen) atoms. The molecule has 1 spiro atoms. The number of piperidine rings is 1. The maximum absolute atomic E-state index is 16.9. The van der Waals surface area contributed by atoms with Gasteiger partial charge in [-0.25, -0.2) is 18.0 Å². The number of benzene rings is 2. The van der Waals surface area contributed by atoms with Gasteiger partial charge in [-0.15, -0.1) is 6.42 Å². The molecule has 0 aliphatic carbocycles. The number of nitrogens with one attached hydrogen (secondary N) is 2. The Morgan fingerprint density at radius 1 is 1.15 bits per heavy atom. The molecule has 4 aromatic rings. The molecule has 0 bridgehead atoms. The van der Waals surface area contributed by atoms with Gasteiger partial charge in [0.05, 0.1) is 23.0 Å². The number of imide groups is 1. The van der Waals surface area contributed by atoms with Crippen molar-refractivity contribution in [3.05, 3.63) is 47.7 Å². The van der Waals surface area contributed by atoms with Gasteiger partial charge in [-0.05, 0) is 55.8 Å². The predicted molar refractivity (Wildman–Crippen MR) is 169 cm³/mol. The van der Waals surface area contributed by atoms with Gasteiger partial charge in [0, 0.05) is 36.7 Å². The quantitative estimate of drug-likeness (QED) is 0.216. The third-order valence-electron chi connectivity index (χ3n) is 10.1. The number of hydrogen-bond acceptors (Lipinski definition) is 9. The second-order valence-electron chi connectivity index (χ2n) is 13.1. The Morgan fingerprint density at radius 3 is 2.77 bits per heavy atom. The Hall–Kier alpha value is -5.16. The number of alkyl halides is 1. The molecule has 14 heteroatoms. The van der Waals surface area contributed by atoms with E-state index in [0.717, 1.165) is 19.4 Å². The largest absolute Gasteiger partial charge is 0.508 e. The first-order valence-corrected chi connectivity index (χ1v) is 15.8. The topological polar surface area (TPSA) is 133 Å². The average molecular weight is 658 g/mol. The van der Waals surface area contributed by atoms with Crippen molar-refractivity contribution < 1.29 is 32.6 Å². The van der Waals surface area contributed by atoms with Crippen molar-refractivity contribution in [3.8, 4) is 35.4 Å². The van der Waals surface area contributed by atoms with Gasteiger partial charge in [-0.1, -0.05) is 12.0 Å². The van der Waals surface area contributed by atoms with E-state index in [0.29, 0.717) is 37.7 Å². The number of carbonyl (C=O) groups is 2. The molecule has 2 aromatic carbocycles. The molecular formula is C34H30F3N7O4. The van der Waals surface area contributed by atoms with Gasteiger partial charge in [-0.3, -0.25) is 20.0 Å². The first kappa shape index (κ1) is 30.2. The SMILES string of the molecule is C#Cc1c(F)ccc2cc(O)cc(-c3ncc4c(N5CCCC6(C5)NC(=O)NC6=O)nc(OC[C@@]56CCCN5C[C@H](F)C6)nc4c3F)c12. The molecule has 2 aromatic heterocycles. The van der Waals surface area contributed by atoms with Gasteiger partial charge in [0.1, 0.15) is 46.9 Å². The number of hydrogen-bond donors (Lipinski definition) is 3. The van der Waals surface area contributed by atoms with Crippen LogP contribution in [0.1, 0.15) is 37.7 Å². The molecule has 6 heterocycles. The minimum atomic E-state index is -1.21. The van der Waals surface area contributed by atoms with E-state index in [1.807, 2.05) is 0 Å². The second kappa shape index (κ2) is 10.9. The zero-order valence-electron chi connectivity index (χ0n) is 25.7. The minimum absolute atomic E-state index is 0.0444. The molecule has 3 atom stereocenters. The summed E-state index contributed by atoms with van der Waals surface area (Å²) in [6.45, 7) is 1.62. The summed E-state index contributed by atoms with van der Waals surface area (Å²) in [6, 6.07) is 4.50. The number of phenolic OH excluding ortho intramolecular Hbond substituents is 1. The van der Waals surface area contributed by atoms with Crippen LogP contribution in [0.2, 0.25) is 0 Å². The van der Waals surface area contributed by atoms with Crippen LogP contribution in [0, 0.1) is 24.0 Å². The Kier molecular flexibility index (Phi) is 6.89. The number of carbonyl (C=O) groups excluding carboxylic acids is 2. The van der Waals surface area contributed by atoms with Crippen LogP contribution < -0.4 is 20.3 Å². The Labute approximate surface area is 272 Å². The number of terminal acetylenes is 1. The van der Waals surface area contributed by atoms with E-state index in [4.69, 9.17) is 11.2 Å². The van der Waals surface area contributed by atoms with Crippen LogP contribution in [-0.2, 0) is 4.79 Å². The first-order valence-electron chi connectivity index (χ1n) is 15.8. The molecule has 11 nitrogen and oxygen atoms in total. The molecule has 4 aliphatic heterocycles. The van der Waals surface area contributed by atoms with E-state index in [1.165, 1.54) is 30.5 Å². The lowest BCUT2D eigenvalue weighted by atomic mass is 9.89. The fraction of sp³-hybridized carbons (Fsp3) is 0.382. The van der Waals surface area contributed by atoms with Crippen molar-refractivity contribution in [2.24, 2.45) is 0 Å². The summed E-state index contributed by atoms with van der Waals surface area (Å²) in [5.41, 5.74) is -2.21. The normalized spacial score (nSPS) is 25.5. The van der Waals surface area contributed by atoms with Crippen LogP contribution >= 0.6 is 0 Å². The van der Waals surface area contributed by atoms with Crippen molar-refractivity contribution in [2.45, 2.75) is 49.4 Å². The average Bonchev–Trinajstić information content (AvgIpc) is 3.68. The van der Waals surface area contributed by atoms with Crippen LogP contribution in [0.4, 0.5) is 23.8 Å². The number of amides is 3. The summed E-state index contributed by atoms with van der Waals surface area (Å²) in [5.74, 6) is 0.294. The second-order valence-corrected chi connectivity index (χ2v) is 13.1. The van der Waals surface area contributed by atoms with Crippen molar-refractivity contribution in [1.29, 1.82) is 0 Å². The van der Waals surface area contributed by atoms with Crippen LogP contribution in [0.3, 0.4) is 0 Å². The van der Waals surface area contributed by atoms with E-state index in [9.17, 15) is 23.5 Å². The fourth-order valence-corrected chi connectivity index (χ4v) is 7.97. The van der Waals surface area contributed by atoms with Gasteiger partial charge in [-0.2, -0.15) is 9.97 Å². The number of aromatic nitrogens is 3. The Morgan fingerprint density at radius 2 is 1.98 bits per heavy atom. The fourth-order valence-electron chi connectivity index (χ4n) is 7.97. The Bertz CT molecular complexity index is 2090. The lowest BCUT2D eigenvalue weighted by Gasteiger charge is -2.39. The molecule has 0 radical (unpaired) electrons. The molecule has 3 N–H and O–H groups in total. The number of phenols is 1. The zero-order chi connectivity index (χ0) is 33.4. The highest BCUT2D eigenvalue weighted by atomic mass is 19.1. The lowest BCUT2D eigenvalue weighted by Crippen LogP contribution is -2.58. The molecule has 4 saturated heterocycles. The highest BCUT2D eigenvalue weighted by Crippen LogP contribution is 2.42. The van der Waals surface area contributed by atoms with Gasteiger partial charge >= 0.3 is 12.0 Å². The molecule has 4 aliphatic rings. The number of fused-ring (bicyclic) bond motifs is 3. The van der Waals surface area contributed by atoms with Gasteiger partial charge in [0.25, 0.3) is 5.91 Å². The zero-order valence-corrected chi connectivity index (χ0v) is 25.7. The number of aromatic hydroxyl groups is 1. The number of rotatable bonds is 5. The number of nitrogens with zero attached hydrogens (tertiary/aromatic N) is 5. The number of urea groups is 1. The molecule has 1 unspecified atom stereocenters. The molecule has 4 fully saturated rings. The Balaban J connectivity index is 1.28. The molecule has 0 saturated carbocycles. The highest BCUT2D eigenvalue weighted by molar-refractivity contribution is 6.08. The van der Waals surface area contributed by atoms with Crippen molar-refractivity contribution >= 4 is 39.4 Å². The van der Waals surface area contributed by atoms with Gasteiger partial charge in [0.2, 0.25) is 0 Å². The maximum Gasteiger partial charge on any atom is 0.322 e. The summed E-state index contributed by atoms with van der Waals surface area (Å²) in [6.07, 6.45) is 8.88. The van der Waals surface area contributed by atoms with Crippen molar-refractivity contribution in [2.75, 3.05) is 37.7 Å². The van der Waals surface area contributed by atoms with Gasteiger partial charge < -0.3 is 20.1 Å². The predicted octanol–water partition coefficient (Wildman–Crippen LogP) is 3.94. The summed E-state index contributed by atoms with van der Waals surface area (Å²) in [4.78, 5) is 42.4. The summed E-state index contributed by atoms with van der Waals surface area (Å²) >= 11 is 0. The number of pyridine rings is 1. The van der Waals surface area contributed by atoms with Crippen LogP contribution in [0.25, 0.3) is 32.9 Å². The monoisotopic (exact) mass is 657 g/mol. The summed E-state index contributed by atoms with van der Waals surface area (Å²) in [5, 5.41) is 16.3.